The quantitative estimate of drug-likeness (QED) is 0.745. The minimum Gasteiger partial charge on any atom is -0.311 e. The van der Waals surface area contributed by atoms with Crippen LogP contribution in [-0.2, 0) is 6.54 Å². The highest BCUT2D eigenvalue weighted by atomic mass is 35.5. The summed E-state index contributed by atoms with van der Waals surface area (Å²) >= 11 is 7.55. The summed E-state index contributed by atoms with van der Waals surface area (Å²) in [6.07, 6.45) is 0. The fourth-order valence-corrected chi connectivity index (χ4v) is 2.48. The molecule has 0 radical (unpaired) electrons. The third kappa shape index (κ3) is 4.98. The van der Waals surface area contributed by atoms with Crippen molar-refractivity contribution in [2.75, 3.05) is 26.2 Å². The molecule has 0 amide bonds. The van der Waals surface area contributed by atoms with Crippen LogP contribution in [0.25, 0.3) is 0 Å². The molecule has 0 aromatic carbocycles. The Balaban J connectivity index is 2.11. The van der Waals surface area contributed by atoms with Crippen LogP contribution in [0.2, 0.25) is 5.02 Å². The lowest BCUT2D eigenvalue weighted by Crippen LogP contribution is -2.31. The molecule has 1 aromatic heterocycles. The van der Waals surface area contributed by atoms with E-state index in [1.54, 1.807) is 11.3 Å². The minimum atomic E-state index is 0.848. The lowest BCUT2D eigenvalue weighted by atomic mass is 10.4. The number of hydrogen-bond acceptors (Lipinski definition) is 3. The Kier molecular flexibility index (Phi) is 6.25. The predicted molar refractivity (Wildman–Crippen MR) is 68.8 cm³/mol. The molecule has 0 spiro atoms. The van der Waals surface area contributed by atoms with Crippen LogP contribution in [0, 0.1) is 0 Å². The third-order valence-corrected chi connectivity index (χ3v) is 3.70. The van der Waals surface area contributed by atoms with Crippen molar-refractivity contribution in [3.63, 3.8) is 0 Å². The smallest absolute Gasteiger partial charge is 0.0516 e. The fourth-order valence-electron chi connectivity index (χ4n) is 1.44. The Hall–Kier alpha value is -0.0900. The Morgan fingerprint density at radius 2 is 2.13 bits per heavy atom. The van der Waals surface area contributed by atoms with Crippen LogP contribution in [0.1, 0.15) is 18.7 Å². The molecular weight excluding hydrogens is 228 g/mol. The molecule has 1 aromatic rings. The first-order chi connectivity index (χ1) is 7.26. The highest BCUT2D eigenvalue weighted by molar-refractivity contribution is 7.10. The summed E-state index contributed by atoms with van der Waals surface area (Å²) in [7, 11) is 0. The van der Waals surface area contributed by atoms with Crippen LogP contribution in [0.15, 0.2) is 11.4 Å². The molecule has 0 aliphatic heterocycles. The molecular formula is C11H19ClN2S. The van der Waals surface area contributed by atoms with Gasteiger partial charge in [0.2, 0.25) is 0 Å². The Morgan fingerprint density at radius 1 is 1.40 bits per heavy atom. The molecule has 0 aliphatic rings. The molecule has 0 saturated carbocycles. The molecule has 0 atom stereocenters. The first kappa shape index (κ1) is 13.0. The normalized spacial score (nSPS) is 11.2. The first-order valence-electron chi connectivity index (χ1n) is 5.42. The zero-order chi connectivity index (χ0) is 11.1. The van der Waals surface area contributed by atoms with Crippen LogP contribution in [0.4, 0.5) is 0 Å². The van der Waals surface area contributed by atoms with Crippen LogP contribution in [-0.4, -0.2) is 31.1 Å². The van der Waals surface area contributed by atoms with E-state index in [-0.39, 0.29) is 0 Å². The maximum atomic E-state index is 5.84. The van der Waals surface area contributed by atoms with E-state index in [1.165, 1.54) is 4.88 Å². The van der Waals surface area contributed by atoms with Crippen molar-refractivity contribution in [2.24, 2.45) is 0 Å². The number of halogens is 1. The van der Waals surface area contributed by atoms with Crippen LogP contribution in [0.3, 0.4) is 0 Å². The Labute approximate surface area is 101 Å². The number of nitrogens with zero attached hydrogens (tertiary/aromatic N) is 1. The van der Waals surface area contributed by atoms with Gasteiger partial charge in [0, 0.05) is 29.9 Å². The van der Waals surface area contributed by atoms with Crippen LogP contribution < -0.4 is 5.32 Å². The van der Waals surface area contributed by atoms with Crippen molar-refractivity contribution < 1.29 is 0 Å². The van der Waals surface area contributed by atoms with E-state index in [4.69, 9.17) is 11.6 Å². The average molecular weight is 247 g/mol. The number of hydrogen-bond donors (Lipinski definition) is 1. The fraction of sp³-hybridized carbons (Fsp3) is 0.636. The summed E-state index contributed by atoms with van der Waals surface area (Å²) in [5, 5.41) is 6.25. The summed E-state index contributed by atoms with van der Waals surface area (Å²) in [4.78, 5) is 3.72. The molecule has 2 nitrogen and oxygen atoms in total. The van der Waals surface area contributed by atoms with Crippen molar-refractivity contribution in [1.29, 1.82) is 0 Å². The summed E-state index contributed by atoms with van der Waals surface area (Å²) in [6.45, 7) is 9.74. The van der Waals surface area contributed by atoms with Gasteiger partial charge in [0.05, 0.1) is 5.02 Å². The summed E-state index contributed by atoms with van der Waals surface area (Å²) in [5.41, 5.74) is 0. The van der Waals surface area contributed by atoms with Gasteiger partial charge in [-0.15, -0.1) is 11.3 Å². The van der Waals surface area contributed by atoms with Gasteiger partial charge in [-0.2, -0.15) is 0 Å². The summed E-state index contributed by atoms with van der Waals surface area (Å²) < 4.78 is 0. The standard InChI is InChI=1S/C11H19ClN2S/c1-3-14(4-2)6-5-13-8-11-7-10(12)9-15-11/h7,9,13H,3-6,8H2,1-2H3. The molecule has 0 aliphatic carbocycles. The SMILES string of the molecule is CCN(CC)CCNCc1cc(Cl)cs1. The topological polar surface area (TPSA) is 15.3 Å². The lowest BCUT2D eigenvalue weighted by Gasteiger charge is -2.17. The van der Waals surface area contributed by atoms with Gasteiger partial charge in [0.1, 0.15) is 0 Å². The van der Waals surface area contributed by atoms with Crippen molar-refractivity contribution in [3.8, 4) is 0 Å². The summed E-state index contributed by atoms with van der Waals surface area (Å²) in [6, 6.07) is 2.02. The van der Waals surface area contributed by atoms with E-state index >= 15 is 0 Å². The molecule has 0 unspecified atom stereocenters. The van der Waals surface area contributed by atoms with Crippen molar-refractivity contribution in [1.82, 2.24) is 10.2 Å². The molecule has 4 heteroatoms. The van der Waals surface area contributed by atoms with Crippen LogP contribution in [0.5, 0.6) is 0 Å². The van der Waals surface area contributed by atoms with Crippen molar-refractivity contribution >= 4 is 22.9 Å². The van der Waals surface area contributed by atoms with E-state index < -0.39 is 0 Å². The van der Waals surface area contributed by atoms with Crippen molar-refractivity contribution in [2.45, 2.75) is 20.4 Å². The molecule has 1 rings (SSSR count). The van der Waals surface area contributed by atoms with E-state index in [2.05, 4.69) is 24.1 Å². The minimum absolute atomic E-state index is 0.848. The second-order valence-electron chi connectivity index (χ2n) is 3.43. The number of rotatable bonds is 7. The Bertz CT molecular complexity index is 271. The molecule has 0 saturated heterocycles. The molecule has 0 fully saturated rings. The molecule has 0 bridgehead atoms. The second-order valence-corrected chi connectivity index (χ2v) is 4.87. The predicted octanol–water partition coefficient (Wildman–Crippen LogP) is 2.83. The lowest BCUT2D eigenvalue weighted by molar-refractivity contribution is 0.302. The van der Waals surface area contributed by atoms with E-state index in [0.717, 1.165) is 37.7 Å². The van der Waals surface area contributed by atoms with Gasteiger partial charge in [-0.1, -0.05) is 25.4 Å². The Morgan fingerprint density at radius 3 is 2.67 bits per heavy atom. The molecule has 1 heterocycles. The van der Waals surface area contributed by atoms with Gasteiger partial charge in [-0.05, 0) is 19.2 Å². The number of nitrogens with one attached hydrogen (secondary N) is 1. The van der Waals surface area contributed by atoms with Crippen LogP contribution >= 0.6 is 22.9 Å². The van der Waals surface area contributed by atoms with Gasteiger partial charge < -0.3 is 10.2 Å². The van der Waals surface area contributed by atoms with Gasteiger partial charge in [-0.3, -0.25) is 0 Å². The highest BCUT2D eigenvalue weighted by Gasteiger charge is 1.99. The summed E-state index contributed by atoms with van der Waals surface area (Å²) in [5.74, 6) is 0. The van der Waals surface area contributed by atoms with E-state index in [0.29, 0.717) is 0 Å². The number of thiophene rings is 1. The van der Waals surface area contributed by atoms with Gasteiger partial charge in [-0.25, -0.2) is 0 Å². The van der Waals surface area contributed by atoms with Crippen molar-refractivity contribution in [3.05, 3.63) is 21.3 Å². The van der Waals surface area contributed by atoms with Gasteiger partial charge >= 0.3 is 0 Å². The van der Waals surface area contributed by atoms with Gasteiger partial charge in [0.15, 0.2) is 0 Å². The monoisotopic (exact) mass is 246 g/mol. The number of likely N-dealkylation sites (N-methyl/N-ethyl adjacent to an activating group) is 1. The third-order valence-electron chi connectivity index (χ3n) is 2.42. The van der Waals surface area contributed by atoms with Gasteiger partial charge in [0.25, 0.3) is 0 Å². The molecule has 1 N–H and O–H groups in total. The molecule has 86 valence electrons. The second kappa shape index (κ2) is 7.23. The maximum absolute atomic E-state index is 5.84. The molecule has 15 heavy (non-hydrogen) atoms. The first-order valence-corrected chi connectivity index (χ1v) is 6.68. The zero-order valence-electron chi connectivity index (χ0n) is 9.42. The average Bonchev–Trinajstić information content (AvgIpc) is 2.65. The van der Waals surface area contributed by atoms with E-state index in [1.807, 2.05) is 11.4 Å². The largest absolute Gasteiger partial charge is 0.311 e. The zero-order valence-corrected chi connectivity index (χ0v) is 11.0. The van der Waals surface area contributed by atoms with E-state index in [9.17, 15) is 0 Å². The highest BCUT2D eigenvalue weighted by Crippen LogP contribution is 2.18. The maximum Gasteiger partial charge on any atom is 0.0516 e.